The number of hydrogen-bond donors (Lipinski definition) is 0. The molecule has 1 amide bonds. The van der Waals surface area contributed by atoms with Crippen molar-refractivity contribution in [3.63, 3.8) is 0 Å². The number of hydrogen-bond acceptors (Lipinski definition) is 5. The Morgan fingerprint density at radius 1 is 1.29 bits per heavy atom. The Labute approximate surface area is 143 Å². The number of ether oxygens (including phenoxy) is 2. The molecule has 0 aromatic heterocycles. The van der Waals surface area contributed by atoms with E-state index in [1.807, 2.05) is 24.3 Å². The summed E-state index contributed by atoms with van der Waals surface area (Å²) in [6.07, 6.45) is 0.704. The van der Waals surface area contributed by atoms with Gasteiger partial charge in [0.2, 0.25) is 5.91 Å². The van der Waals surface area contributed by atoms with Crippen LogP contribution in [0.4, 0.5) is 0 Å². The number of amides is 1. The minimum atomic E-state index is 0.0590. The van der Waals surface area contributed by atoms with E-state index in [1.54, 1.807) is 12.0 Å². The van der Waals surface area contributed by atoms with Crippen LogP contribution in [0.1, 0.15) is 12.0 Å². The minimum absolute atomic E-state index is 0.0590. The fourth-order valence-corrected chi connectivity index (χ4v) is 2.66. The monoisotopic (exact) mass is 331 g/mol. The topological polar surface area (TPSA) is 65.8 Å². The fourth-order valence-electron chi connectivity index (χ4n) is 2.66. The molecule has 0 spiro atoms. The number of nitrogens with zero attached hydrogens (tertiary/aromatic N) is 3. The molecule has 0 atom stereocenters. The number of carbonyl (C=O) groups is 1. The predicted molar refractivity (Wildman–Crippen MR) is 90.8 cm³/mol. The van der Waals surface area contributed by atoms with Gasteiger partial charge in [0.1, 0.15) is 5.75 Å². The highest BCUT2D eigenvalue weighted by Crippen LogP contribution is 2.12. The van der Waals surface area contributed by atoms with Crippen LogP contribution in [0.15, 0.2) is 24.3 Å². The van der Waals surface area contributed by atoms with Crippen LogP contribution < -0.4 is 4.74 Å². The van der Waals surface area contributed by atoms with E-state index in [4.69, 9.17) is 14.7 Å². The van der Waals surface area contributed by atoms with Gasteiger partial charge in [-0.15, -0.1) is 0 Å². The number of morpholine rings is 1. The molecule has 1 aromatic rings. The molecule has 0 saturated carbocycles. The summed E-state index contributed by atoms with van der Waals surface area (Å²) < 4.78 is 10.5. The first-order valence-electron chi connectivity index (χ1n) is 8.30. The Morgan fingerprint density at radius 2 is 2.00 bits per heavy atom. The van der Waals surface area contributed by atoms with E-state index in [0.29, 0.717) is 25.9 Å². The average molecular weight is 331 g/mol. The molecule has 0 bridgehead atoms. The van der Waals surface area contributed by atoms with E-state index >= 15 is 0 Å². The molecular formula is C18H25N3O3. The summed E-state index contributed by atoms with van der Waals surface area (Å²) in [5.74, 6) is 0.837. The molecule has 1 aliphatic heterocycles. The Kier molecular flexibility index (Phi) is 7.53. The second-order valence-corrected chi connectivity index (χ2v) is 5.77. The van der Waals surface area contributed by atoms with Gasteiger partial charge in [0.05, 0.1) is 39.2 Å². The second kappa shape index (κ2) is 9.91. The van der Waals surface area contributed by atoms with E-state index < -0.39 is 0 Å². The van der Waals surface area contributed by atoms with Crippen molar-refractivity contribution in [2.24, 2.45) is 0 Å². The number of benzene rings is 1. The third-order valence-corrected chi connectivity index (χ3v) is 4.15. The normalized spacial score (nSPS) is 14.8. The van der Waals surface area contributed by atoms with E-state index in [9.17, 15) is 4.79 Å². The van der Waals surface area contributed by atoms with Crippen LogP contribution in [0.5, 0.6) is 5.75 Å². The van der Waals surface area contributed by atoms with Gasteiger partial charge in [-0.25, -0.2) is 0 Å². The van der Waals surface area contributed by atoms with Gasteiger partial charge < -0.3 is 14.4 Å². The highest BCUT2D eigenvalue weighted by molar-refractivity contribution is 5.78. The smallest absolute Gasteiger partial charge is 0.227 e. The van der Waals surface area contributed by atoms with E-state index in [2.05, 4.69) is 11.0 Å². The van der Waals surface area contributed by atoms with Crippen molar-refractivity contribution >= 4 is 5.91 Å². The summed E-state index contributed by atoms with van der Waals surface area (Å²) in [5, 5.41) is 8.83. The van der Waals surface area contributed by atoms with Crippen molar-refractivity contribution in [3.8, 4) is 11.8 Å². The Morgan fingerprint density at radius 3 is 2.62 bits per heavy atom. The highest BCUT2D eigenvalue weighted by Gasteiger charge is 2.17. The molecular weight excluding hydrogens is 306 g/mol. The molecule has 1 heterocycles. The first-order chi connectivity index (χ1) is 11.7. The molecule has 1 fully saturated rings. The quantitative estimate of drug-likeness (QED) is 0.719. The third-order valence-electron chi connectivity index (χ3n) is 4.15. The lowest BCUT2D eigenvalue weighted by molar-refractivity contribution is -0.130. The summed E-state index contributed by atoms with van der Waals surface area (Å²) in [7, 11) is 1.62. The van der Waals surface area contributed by atoms with Crippen LogP contribution in [-0.2, 0) is 16.0 Å². The molecule has 0 unspecified atom stereocenters. The first-order valence-corrected chi connectivity index (χ1v) is 8.30. The molecule has 0 aliphatic carbocycles. The van der Waals surface area contributed by atoms with Crippen LogP contribution in [0, 0.1) is 11.3 Å². The zero-order valence-corrected chi connectivity index (χ0v) is 14.2. The van der Waals surface area contributed by atoms with Gasteiger partial charge in [0, 0.05) is 32.7 Å². The van der Waals surface area contributed by atoms with Gasteiger partial charge in [-0.1, -0.05) is 12.1 Å². The van der Waals surface area contributed by atoms with Gasteiger partial charge >= 0.3 is 0 Å². The lowest BCUT2D eigenvalue weighted by atomic mass is 10.1. The number of carbonyl (C=O) groups excluding carboxylic acids is 1. The number of methoxy groups -OCH3 is 1. The van der Waals surface area contributed by atoms with Crippen LogP contribution in [-0.4, -0.2) is 68.8 Å². The minimum Gasteiger partial charge on any atom is -0.497 e. The Balaban J connectivity index is 1.89. The number of rotatable bonds is 8. The lowest BCUT2D eigenvalue weighted by Gasteiger charge is -2.30. The molecule has 1 aliphatic rings. The van der Waals surface area contributed by atoms with Crippen molar-refractivity contribution in [3.05, 3.63) is 29.8 Å². The SMILES string of the molecule is COc1ccc(CC(=O)N(CCC#N)CCN2CCOCC2)cc1. The van der Waals surface area contributed by atoms with Crippen molar-refractivity contribution in [2.45, 2.75) is 12.8 Å². The molecule has 0 N–H and O–H groups in total. The molecule has 130 valence electrons. The summed E-state index contributed by atoms with van der Waals surface area (Å²) in [6, 6.07) is 9.65. The van der Waals surface area contributed by atoms with Crippen LogP contribution in [0.25, 0.3) is 0 Å². The summed E-state index contributed by atoms with van der Waals surface area (Å²) in [5.41, 5.74) is 0.953. The van der Waals surface area contributed by atoms with E-state index in [-0.39, 0.29) is 5.91 Å². The van der Waals surface area contributed by atoms with Crippen molar-refractivity contribution in [1.82, 2.24) is 9.80 Å². The maximum atomic E-state index is 12.6. The van der Waals surface area contributed by atoms with Gasteiger partial charge in [-0.3, -0.25) is 9.69 Å². The second-order valence-electron chi connectivity index (χ2n) is 5.77. The summed E-state index contributed by atoms with van der Waals surface area (Å²) >= 11 is 0. The summed E-state index contributed by atoms with van der Waals surface area (Å²) in [4.78, 5) is 16.7. The van der Waals surface area contributed by atoms with Crippen LogP contribution >= 0.6 is 0 Å². The fraction of sp³-hybridized carbons (Fsp3) is 0.556. The van der Waals surface area contributed by atoms with Gasteiger partial charge in [-0.2, -0.15) is 5.26 Å². The standard InChI is InChI=1S/C18H25N3O3/c1-23-17-5-3-16(4-6-17)15-18(22)21(8-2-7-19)10-9-20-11-13-24-14-12-20/h3-6H,2,8-15H2,1H3. The molecule has 2 rings (SSSR count). The van der Waals surface area contributed by atoms with Gasteiger partial charge in [0.25, 0.3) is 0 Å². The van der Waals surface area contributed by atoms with Crippen molar-refractivity contribution in [1.29, 1.82) is 5.26 Å². The Hall–Kier alpha value is -2.10. The number of nitriles is 1. The highest BCUT2D eigenvalue weighted by atomic mass is 16.5. The molecule has 6 heteroatoms. The molecule has 1 saturated heterocycles. The third kappa shape index (κ3) is 5.84. The lowest BCUT2D eigenvalue weighted by Crippen LogP contribution is -2.43. The van der Waals surface area contributed by atoms with Crippen LogP contribution in [0.3, 0.4) is 0 Å². The van der Waals surface area contributed by atoms with Crippen LogP contribution in [0.2, 0.25) is 0 Å². The Bertz CT molecular complexity index is 548. The summed E-state index contributed by atoms with van der Waals surface area (Å²) in [6.45, 7) is 5.25. The maximum Gasteiger partial charge on any atom is 0.227 e. The molecule has 6 nitrogen and oxygen atoms in total. The molecule has 1 aromatic carbocycles. The maximum absolute atomic E-state index is 12.6. The van der Waals surface area contributed by atoms with E-state index in [0.717, 1.165) is 44.2 Å². The molecule has 0 radical (unpaired) electrons. The largest absolute Gasteiger partial charge is 0.497 e. The van der Waals surface area contributed by atoms with Crippen molar-refractivity contribution in [2.75, 3.05) is 53.0 Å². The first kappa shape index (κ1) is 18.2. The van der Waals surface area contributed by atoms with Crippen molar-refractivity contribution < 1.29 is 14.3 Å². The van der Waals surface area contributed by atoms with E-state index in [1.165, 1.54) is 0 Å². The average Bonchev–Trinajstić information content (AvgIpc) is 2.63. The van der Waals surface area contributed by atoms with Gasteiger partial charge in [-0.05, 0) is 17.7 Å². The predicted octanol–water partition coefficient (Wildman–Crippen LogP) is 1.31. The molecule has 24 heavy (non-hydrogen) atoms. The van der Waals surface area contributed by atoms with Gasteiger partial charge in [0.15, 0.2) is 0 Å². The zero-order chi connectivity index (χ0) is 17.2. The zero-order valence-electron chi connectivity index (χ0n) is 14.2.